The second-order valence-corrected chi connectivity index (χ2v) is 14.0. The molecular weight excluding hydrogens is 454 g/mol. The topological polar surface area (TPSA) is 66.0 Å². The van der Waals surface area contributed by atoms with Crippen LogP contribution in [0.1, 0.15) is 83.1 Å². The predicted molar refractivity (Wildman–Crippen MR) is 143 cm³/mol. The lowest BCUT2D eigenvalue weighted by Gasteiger charge is -2.60. The first kappa shape index (κ1) is 28.1. The van der Waals surface area contributed by atoms with Gasteiger partial charge in [0.25, 0.3) is 11.7 Å². The van der Waals surface area contributed by atoms with Crippen molar-refractivity contribution in [3.8, 4) is 5.75 Å². The van der Waals surface area contributed by atoms with Gasteiger partial charge in [-0.1, -0.05) is 83.1 Å². The minimum absolute atomic E-state index is 0.322. The first-order chi connectivity index (χ1) is 16.2. The zero-order valence-electron chi connectivity index (χ0n) is 24.4. The molecule has 6 heteroatoms. The van der Waals surface area contributed by atoms with Crippen molar-refractivity contribution in [1.82, 2.24) is 0 Å². The summed E-state index contributed by atoms with van der Waals surface area (Å²) in [6.07, 6.45) is 1.97. The summed E-state index contributed by atoms with van der Waals surface area (Å²) >= 11 is 0. The quantitative estimate of drug-likeness (QED) is 0.468. The molecule has 0 aliphatic carbocycles. The lowest BCUT2D eigenvalue weighted by atomic mass is 9.71. The number of allylic oxidation sites excluding steroid dienone is 2. The number of carbonyl (C=O) groups excluding carboxylic acids is 1. The molecule has 6 nitrogen and oxygen atoms in total. The van der Waals surface area contributed by atoms with Crippen molar-refractivity contribution in [3.63, 3.8) is 0 Å². The van der Waals surface area contributed by atoms with E-state index < -0.39 is 27.8 Å². The van der Waals surface area contributed by atoms with Crippen LogP contribution < -0.4 is 10.1 Å². The van der Waals surface area contributed by atoms with Gasteiger partial charge in [0.05, 0.1) is 7.11 Å². The van der Waals surface area contributed by atoms with Gasteiger partial charge in [-0.15, -0.1) is 0 Å². The van der Waals surface area contributed by atoms with Crippen molar-refractivity contribution in [1.29, 1.82) is 0 Å². The van der Waals surface area contributed by atoms with E-state index in [1.54, 1.807) is 7.11 Å². The van der Waals surface area contributed by atoms with Crippen LogP contribution >= 0.6 is 0 Å². The standard InChI is InChI=1S/C30H45NO5/c1-25(2,3)21-18-29(27(7,8)9)35-23(26(4,5)6)22(30(34-21,36-29)28(10,11)12)24(32)31-19-14-16-20(33-13)17-15-19/h14-18H,1-13H3,(H,31,32). The Labute approximate surface area is 217 Å². The fraction of sp³-hybridized carbons (Fsp3) is 0.633. The molecule has 200 valence electrons. The average molecular weight is 500 g/mol. The van der Waals surface area contributed by atoms with Crippen LogP contribution in [0.3, 0.4) is 0 Å². The lowest BCUT2D eigenvalue weighted by Crippen LogP contribution is -2.67. The number of benzene rings is 1. The molecule has 0 fully saturated rings. The number of nitrogens with one attached hydrogen (secondary N) is 1. The SMILES string of the molecule is COc1ccc(NC(=O)C2=C(C(C)(C)C)OC3(C(C)(C)C)C=C(C(C)(C)C)OC2(C(C)(C)C)O3)cc1. The van der Waals surface area contributed by atoms with E-state index in [2.05, 4.69) is 46.9 Å². The third-order valence-electron chi connectivity index (χ3n) is 6.71. The van der Waals surface area contributed by atoms with Crippen molar-refractivity contribution in [3.05, 3.63) is 47.4 Å². The summed E-state index contributed by atoms with van der Waals surface area (Å²) in [7, 11) is 1.61. The number of rotatable bonds is 3. The number of carbonyl (C=O) groups is 1. The van der Waals surface area contributed by atoms with Crippen molar-refractivity contribution in [2.24, 2.45) is 21.7 Å². The summed E-state index contributed by atoms with van der Waals surface area (Å²) in [5, 5.41) is 3.06. The fourth-order valence-corrected chi connectivity index (χ4v) is 4.35. The van der Waals surface area contributed by atoms with Gasteiger partial charge < -0.3 is 19.5 Å². The van der Waals surface area contributed by atoms with E-state index >= 15 is 0 Å². The molecule has 2 unspecified atom stereocenters. The van der Waals surface area contributed by atoms with Gasteiger partial charge in [-0.25, -0.2) is 0 Å². The summed E-state index contributed by atoms with van der Waals surface area (Å²) in [6.45, 7) is 24.8. The fourth-order valence-electron chi connectivity index (χ4n) is 4.35. The zero-order valence-corrected chi connectivity index (χ0v) is 24.4. The molecule has 0 spiro atoms. The maximum Gasteiger partial charge on any atom is 0.261 e. The smallest absolute Gasteiger partial charge is 0.261 e. The molecule has 0 aromatic heterocycles. The monoisotopic (exact) mass is 499 g/mol. The molecule has 0 saturated heterocycles. The minimum Gasteiger partial charge on any atom is -0.497 e. The maximum atomic E-state index is 14.2. The molecule has 1 aromatic rings. The average Bonchev–Trinajstić information content (AvgIpc) is 2.70. The van der Waals surface area contributed by atoms with Crippen LogP contribution in [-0.4, -0.2) is 24.6 Å². The number of fused-ring (bicyclic) bond motifs is 2. The molecule has 0 radical (unpaired) electrons. The Morgan fingerprint density at radius 2 is 1.36 bits per heavy atom. The molecule has 1 N–H and O–H groups in total. The van der Waals surface area contributed by atoms with Crippen molar-refractivity contribution in [2.45, 2.75) is 94.7 Å². The first-order valence-electron chi connectivity index (χ1n) is 12.7. The number of anilines is 1. The number of hydrogen-bond acceptors (Lipinski definition) is 5. The number of methoxy groups -OCH3 is 1. The van der Waals surface area contributed by atoms with E-state index in [1.807, 2.05) is 71.9 Å². The summed E-state index contributed by atoms with van der Waals surface area (Å²) < 4.78 is 25.9. The van der Waals surface area contributed by atoms with Gasteiger partial charge in [0.15, 0.2) is 0 Å². The Kier molecular flexibility index (Phi) is 6.67. The highest BCUT2D eigenvalue weighted by Gasteiger charge is 2.67. The highest BCUT2D eigenvalue weighted by Crippen LogP contribution is 2.60. The van der Waals surface area contributed by atoms with Gasteiger partial charge in [-0.05, 0) is 24.3 Å². The molecule has 1 amide bonds. The summed E-state index contributed by atoms with van der Waals surface area (Å²) in [4.78, 5) is 14.2. The third kappa shape index (κ3) is 4.77. The first-order valence-corrected chi connectivity index (χ1v) is 12.7. The maximum absolute atomic E-state index is 14.2. The van der Waals surface area contributed by atoms with Crippen molar-refractivity contribution in [2.75, 3.05) is 12.4 Å². The van der Waals surface area contributed by atoms with Crippen LogP contribution in [0, 0.1) is 21.7 Å². The van der Waals surface area contributed by atoms with E-state index in [0.29, 0.717) is 22.8 Å². The van der Waals surface area contributed by atoms with E-state index in [0.717, 1.165) is 5.76 Å². The lowest BCUT2D eigenvalue weighted by molar-refractivity contribution is -0.398. The number of amides is 1. The van der Waals surface area contributed by atoms with Crippen LogP contribution in [0.4, 0.5) is 5.69 Å². The number of hydrogen-bond donors (Lipinski definition) is 1. The van der Waals surface area contributed by atoms with Crippen LogP contribution in [-0.2, 0) is 19.0 Å². The molecule has 0 saturated carbocycles. The minimum atomic E-state index is -1.39. The number of ether oxygens (including phenoxy) is 4. The molecule has 36 heavy (non-hydrogen) atoms. The van der Waals surface area contributed by atoms with E-state index in [1.165, 1.54) is 0 Å². The van der Waals surface area contributed by atoms with Crippen molar-refractivity contribution < 1.29 is 23.7 Å². The second-order valence-electron chi connectivity index (χ2n) is 14.0. The molecule has 1 aromatic carbocycles. The largest absolute Gasteiger partial charge is 0.497 e. The summed E-state index contributed by atoms with van der Waals surface area (Å²) in [5.41, 5.74) is -0.926. The van der Waals surface area contributed by atoms with Crippen LogP contribution in [0.15, 0.2) is 47.4 Å². The van der Waals surface area contributed by atoms with Crippen LogP contribution in [0.25, 0.3) is 0 Å². The Morgan fingerprint density at radius 1 is 0.806 bits per heavy atom. The Morgan fingerprint density at radius 3 is 1.78 bits per heavy atom. The second kappa shape index (κ2) is 8.54. The van der Waals surface area contributed by atoms with Gasteiger partial charge in [0, 0.05) is 33.4 Å². The Balaban J connectivity index is 2.32. The Hall–Kier alpha value is -2.47. The summed E-state index contributed by atoms with van der Waals surface area (Å²) in [6, 6.07) is 7.24. The highest BCUT2D eigenvalue weighted by molar-refractivity contribution is 6.05. The highest BCUT2D eigenvalue weighted by atomic mass is 16.8. The third-order valence-corrected chi connectivity index (χ3v) is 6.71. The molecule has 2 atom stereocenters. The van der Waals surface area contributed by atoms with Crippen LogP contribution in [0.2, 0.25) is 0 Å². The molecule has 2 heterocycles. The van der Waals surface area contributed by atoms with Gasteiger partial charge in [-0.3, -0.25) is 9.53 Å². The molecule has 2 bridgehead atoms. The van der Waals surface area contributed by atoms with Crippen molar-refractivity contribution >= 4 is 11.6 Å². The van der Waals surface area contributed by atoms with E-state index in [4.69, 9.17) is 18.9 Å². The van der Waals surface area contributed by atoms with Gasteiger partial charge in [0.2, 0.25) is 5.79 Å². The van der Waals surface area contributed by atoms with Gasteiger partial charge in [0.1, 0.15) is 22.8 Å². The Bertz CT molecular complexity index is 1070. The molecule has 2 aliphatic heterocycles. The molecule has 2 aliphatic rings. The normalized spacial score (nSPS) is 25.0. The van der Waals surface area contributed by atoms with Gasteiger partial charge in [-0.2, -0.15) is 0 Å². The van der Waals surface area contributed by atoms with E-state index in [-0.39, 0.29) is 11.3 Å². The van der Waals surface area contributed by atoms with Gasteiger partial charge >= 0.3 is 0 Å². The zero-order chi connectivity index (χ0) is 27.5. The molecular formula is C30H45NO5. The summed E-state index contributed by atoms with van der Waals surface area (Å²) in [5.74, 6) is -0.834. The molecule has 3 rings (SSSR count). The van der Waals surface area contributed by atoms with E-state index in [9.17, 15) is 4.79 Å². The predicted octanol–water partition coefficient (Wildman–Crippen LogP) is 7.43. The van der Waals surface area contributed by atoms with Crippen LogP contribution in [0.5, 0.6) is 5.75 Å².